The lowest BCUT2D eigenvalue weighted by Crippen LogP contribution is -2.05. The van der Waals surface area contributed by atoms with E-state index >= 15 is 0 Å². The Kier molecular flexibility index (Phi) is 2.72. The van der Waals surface area contributed by atoms with Gasteiger partial charge in [0.1, 0.15) is 11.6 Å². The topological polar surface area (TPSA) is 51.8 Å². The summed E-state index contributed by atoms with van der Waals surface area (Å²) in [6.45, 7) is 0. The number of carbonyl (C=O) groups is 1. The first-order valence-corrected chi connectivity index (χ1v) is 5.54. The number of aliphatic imine (C=N–C) groups is 1. The van der Waals surface area contributed by atoms with Crippen LogP contribution in [-0.2, 0) is 9.53 Å². The standard InChI is InChI=1S/C14H8FNO3/c15-10-5-3-9(4-6-10)13-16-12(14(17)19-13)8-11-2-1-7-18-11/h1-8H/b12-8+. The fourth-order valence-electron chi connectivity index (χ4n) is 1.63. The van der Waals surface area contributed by atoms with E-state index in [1.807, 2.05) is 0 Å². The lowest BCUT2D eigenvalue weighted by atomic mass is 10.2. The molecule has 5 heteroatoms. The van der Waals surface area contributed by atoms with E-state index in [9.17, 15) is 9.18 Å². The van der Waals surface area contributed by atoms with Crippen LogP contribution in [0.1, 0.15) is 11.3 Å². The average Bonchev–Trinajstić information content (AvgIpc) is 3.02. The fraction of sp³-hybridized carbons (Fsp3) is 0. The van der Waals surface area contributed by atoms with E-state index < -0.39 is 5.97 Å². The van der Waals surface area contributed by atoms with Crippen LogP contribution in [0.4, 0.5) is 4.39 Å². The molecule has 1 aliphatic rings. The molecule has 94 valence electrons. The number of hydrogen-bond donors (Lipinski definition) is 0. The van der Waals surface area contributed by atoms with Crippen LogP contribution in [0, 0.1) is 5.82 Å². The van der Waals surface area contributed by atoms with Crippen molar-refractivity contribution in [3.8, 4) is 0 Å². The zero-order chi connectivity index (χ0) is 13.2. The van der Waals surface area contributed by atoms with E-state index in [1.54, 1.807) is 12.1 Å². The minimum Gasteiger partial charge on any atom is -0.465 e. The van der Waals surface area contributed by atoms with Crippen LogP contribution in [0.15, 0.2) is 57.8 Å². The van der Waals surface area contributed by atoms with Crippen molar-refractivity contribution in [1.82, 2.24) is 0 Å². The quantitative estimate of drug-likeness (QED) is 0.614. The first kappa shape index (κ1) is 11.4. The molecule has 0 bridgehead atoms. The molecule has 1 aromatic heterocycles. The average molecular weight is 257 g/mol. The Morgan fingerprint density at radius 2 is 1.95 bits per heavy atom. The van der Waals surface area contributed by atoms with Crippen molar-refractivity contribution in [3.63, 3.8) is 0 Å². The molecule has 3 rings (SSSR count). The molecule has 0 aliphatic carbocycles. The summed E-state index contributed by atoms with van der Waals surface area (Å²) in [4.78, 5) is 15.7. The van der Waals surface area contributed by atoms with E-state index in [-0.39, 0.29) is 17.4 Å². The maximum Gasteiger partial charge on any atom is 0.363 e. The van der Waals surface area contributed by atoms with Crippen molar-refractivity contribution >= 4 is 17.9 Å². The van der Waals surface area contributed by atoms with Crippen molar-refractivity contribution in [2.45, 2.75) is 0 Å². The summed E-state index contributed by atoms with van der Waals surface area (Å²) in [5.74, 6) is -0.255. The number of furan rings is 1. The summed E-state index contributed by atoms with van der Waals surface area (Å²) in [6, 6.07) is 8.96. The molecule has 4 nitrogen and oxygen atoms in total. The van der Waals surface area contributed by atoms with Crippen LogP contribution in [0.3, 0.4) is 0 Å². The number of rotatable bonds is 2. The molecular formula is C14H8FNO3. The minimum absolute atomic E-state index is 0.147. The second kappa shape index (κ2) is 4.53. The molecule has 0 saturated heterocycles. The summed E-state index contributed by atoms with van der Waals surface area (Å²) in [5, 5.41) is 0. The molecule has 0 atom stereocenters. The van der Waals surface area contributed by atoms with Crippen LogP contribution in [0.2, 0.25) is 0 Å². The van der Waals surface area contributed by atoms with Gasteiger partial charge in [0.05, 0.1) is 6.26 Å². The SMILES string of the molecule is O=C1OC(c2ccc(F)cc2)=N/C1=C/c1ccco1. The largest absolute Gasteiger partial charge is 0.465 e. The van der Waals surface area contributed by atoms with Gasteiger partial charge in [0, 0.05) is 11.6 Å². The number of hydrogen-bond acceptors (Lipinski definition) is 4. The Morgan fingerprint density at radius 3 is 2.63 bits per heavy atom. The van der Waals surface area contributed by atoms with Gasteiger partial charge in [0.25, 0.3) is 0 Å². The molecule has 0 saturated carbocycles. The predicted molar refractivity (Wildman–Crippen MR) is 65.7 cm³/mol. The van der Waals surface area contributed by atoms with E-state index in [1.165, 1.54) is 36.6 Å². The van der Waals surface area contributed by atoms with Crippen molar-refractivity contribution in [3.05, 3.63) is 65.5 Å². The van der Waals surface area contributed by atoms with Gasteiger partial charge in [-0.2, -0.15) is 0 Å². The molecule has 1 aromatic carbocycles. The molecule has 0 spiro atoms. The molecule has 1 aliphatic heterocycles. The first-order valence-electron chi connectivity index (χ1n) is 5.54. The van der Waals surface area contributed by atoms with Gasteiger partial charge in [0.2, 0.25) is 5.90 Å². The third-order valence-corrected chi connectivity index (χ3v) is 2.53. The van der Waals surface area contributed by atoms with E-state index in [0.29, 0.717) is 11.3 Å². The Labute approximate surface area is 107 Å². The van der Waals surface area contributed by atoms with Crippen LogP contribution in [0.5, 0.6) is 0 Å². The van der Waals surface area contributed by atoms with E-state index in [0.717, 1.165) is 0 Å². The van der Waals surface area contributed by atoms with E-state index in [4.69, 9.17) is 9.15 Å². The molecule has 0 N–H and O–H groups in total. The number of ether oxygens (including phenoxy) is 1. The number of nitrogens with zero attached hydrogens (tertiary/aromatic N) is 1. The van der Waals surface area contributed by atoms with Crippen LogP contribution < -0.4 is 0 Å². The smallest absolute Gasteiger partial charge is 0.363 e. The highest BCUT2D eigenvalue weighted by atomic mass is 19.1. The van der Waals surface area contributed by atoms with Gasteiger partial charge in [-0.1, -0.05) is 0 Å². The Hall–Kier alpha value is -2.69. The molecule has 2 aromatic rings. The first-order chi connectivity index (χ1) is 9.22. The minimum atomic E-state index is -0.560. The Balaban J connectivity index is 1.93. The molecular weight excluding hydrogens is 249 g/mol. The third kappa shape index (κ3) is 2.30. The van der Waals surface area contributed by atoms with Gasteiger partial charge in [-0.3, -0.25) is 0 Å². The van der Waals surface area contributed by atoms with Gasteiger partial charge >= 0.3 is 5.97 Å². The van der Waals surface area contributed by atoms with Gasteiger partial charge < -0.3 is 9.15 Å². The van der Waals surface area contributed by atoms with Crippen LogP contribution >= 0.6 is 0 Å². The Bertz CT molecular complexity index is 669. The van der Waals surface area contributed by atoms with Crippen LogP contribution in [-0.4, -0.2) is 11.9 Å². The van der Waals surface area contributed by atoms with Crippen molar-refractivity contribution in [2.24, 2.45) is 4.99 Å². The number of halogens is 1. The number of esters is 1. The molecule has 2 heterocycles. The van der Waals surface area contributed by atoms with Crippen LogP contribution in [0.25, 0.3) is 6.08 Å². The van der Waals surface area contributed by atoms with Gasteiger partial charge in [-0.25, -0.2) is 14.2 Å². The highest BCUT2D eigenvalue weighted by molar-refractivity contribution is 6.12. The summed E-state index contributed by atoms with van der Waals surface area (Å²) in [6.07, 6.45) is 2.98. The monoisotopic (exact) mass is 257 g/mol. The third-order valence-electron chi connectivity index (χ3n) is 2.53. The molecule has 0 radical (unpaired) electrons. The van der Waals surface area contributed by atoms with Crippen molar-refractivity contribution in [1.29, 1.82) is 0 Å². The summed E-state index contributed by atoms with van der Waals surface area (Å²) >= 11 is 0. The lowest BCUT2D eigenvalue weighted by molar-refractivity contribution is -0.129. The van der Waals surface area contributed by atoms with Crippen molar-refractivity contribution in [2.75, 3.05) is 0 Å². The maximum absolute atomic E-state index is 12.8. The molecule has 0 amide bonds. The maximum atomic E-state index is 12.8. The van der Waals surface area contributed by atoms with Gasteiger partial charge in [0.15, 0.2) is 5.70 Å². The van der Waals surface area contributed by atoms with Crippen molar-refractivity contribution < 1.29 is 18.3 Å². The zero-order valence-electron chi connectivity index (χ0n) is 9.67. The fourth-order valence-corrected chi connectivity index (χ4v) is 1.63. The number of carbonyl (C=O) groups excluding carboxylic acids is 1. The normalized spacial score (nSPS) is 16.6. The highest BCUT2D eigenvalue weighted by Gasteiger charge is 2.24. The second-order valence-corrected chi connectivity index (χ2v) is 3.86. The number of benzene rings is 1. The van der Waals surface area contributed by atoms with Gasteiger partial charge in [-0.05, 0) is 36.4 Å². The summed E-state index contributed by atoms with van der Waals surface area (Å²) < 4.78 is 22.9. The van der Waals surface area contributed by atoms with E-state index in [2.05, 4.69) is 4.99 Å². The lowest BCUT2D eigenvalue weighted by Gasteiger charge is -1.98. The molecule has 0 fully saturated rings. The molecule has 19 heavy (non-hydrogen) atoms. The zero-order valence-corrected chi connectivity index (χ0v) is 9.67. The predicted octanol–water partition coefficient (Wildman–Crippen LogP) is 2.76. The highest BCUT2D eigenvalue weighted by Crippen LogP contribution is 2.19. The summed E-state index contributed by atoms with van der Waals surface area (Å²) in [5.41, 5.74) is 0.687. The molecule has 0 unspecified atom stereocenters. The Morgan fingerprint density at radius 1 is 1.16 bits per heavy atom. The second-order valence-electron chi connectivity index (χ2n) is 3.86. The number of cyclic esters (lactones) is 1. The summed E-state index contributed by atoms with van der Waals surface area (Å²) in [7, 11) is 0. The van der Waals surface area contributed by atoms with Gasteiger partial charge in [-0.15, -0.1) is 0 Å².